The first-order chi connectivity index (χ1) is 7.20. The Balaban J connectivity index is 2.40. The average Bonchev–Trinajstić information content (AvgIpc) is 2.70. The van der Waals surface area contributed by atoms with Gasteiger partial charge >= 0.3 is 0 Å². The third-order valence-electron chi connectivity index (χ3n) is 1.98. The van der Waals surface area contributed by atoms with Gasteiger partial charge in [0.05, 0.1) is 11.0 Å². The predicted octanol–water partition coefficient (Wildman–Crippen LogP) is 2.70. The second kappa shape index (κ2) is 4.12. The number of nitrogens with zero attached hydrogens (tertiary/aromatic N) is 1. The fourth-order valence-corrected chi connectivity index (χ4v) is 1.45. The maximum absolute atomic E-state index is 13.2. The van der Waals surface area contributed by atoms with Gasteiger partial charge in [0.2, 0.25) is 0 Å². The van der Waals surface area contributed by atoms with Crippen LogP contribution >= 0.6 is 15.9 Å². The average molecular weight is 271 g/mol. The van der Waals surface area contributed by atoms with E-state index >= 15 is 0 Å². The van der Waals surface area contributed by atoms with Crippen LogP contribution < -0.4 is 5.73 Å². The highest BCUT2D eigenvalue weighted by Crippen LogP contribution is 2.24. The first kappa shape index (κ1) is 10.3. The molecule has 15 heavy (non-hydrogen) atoms. The van der Waals surface area contributed by atoms with Crippen molar-refractivity contribution in [3.8, 4) is 11.3 Å². The van der Waals surface area contributed by atoms with Crippen molar-refractivity contribution in [2.24, 2.45) is 5.73 Å². The SMILES string of the molecule is NCc1cc(-c2ccc(Br)c(F)c2)no1. The Morgan fingerprint density at radius 3 is 2.80 bits per heavy atom. The molecule has 0 aliphatic rings. The Hall–Kier alpha value is -1.20. The summed E-state index contributed by atoms with van der Waals surface area (Å²) in [6.45, 7) is 0.284. The summed E-state index contributed by atoms with van der Waals surface area (Å²) >= 11 is 3.08. The van der Waals surface area contributed by atoms with E-state index in [1.165, 1.54) is 6.07 Å². The van der Waals surface area contributed by atoms with Crippen LogP contribution in [0.2, 0.25) is 0 Å². The molecule has 0 spiro atoms. The van der Waals surface area contributed by atoms with Crippen molar-refractivity contribution < 1.29 is 8.91 Å². The van der Waals surface area contributed by atoms with Gasteiger partial charge in [0.15, 0.2) is 5.76 Å². The van der Waals surface area contributed by atoms with E-state index in [4.69, 9.17) is 10.3 Å². The summed E-state index contributed by atoms with van der Waals surface area (Å²) in [5.41, 5.74) is 6.63. The van der Waals surface area contributed by atoms with Gasteiger partial charge in [-0.25, -0.2) is 4.39 Å². The molecule has 0 aliphatic heterocycles. The van der Waals surface area contributed by atoms with Crippen LogP contribution in [-0.4, -0.2) is 5.16 Å². The van der Waals surface area contributed by atoms with Crippen LogP contribution in [0.3, 0.4) is 0 Å². The zero-order valence-electron chi connectivity index (χ0n) is 7.71. The molecule has 0 aliphatic carbocycles. The van der Waals surface area contributed by atoms with Crippen LogP contribution in [0.25, 0.3) is 11.3 Å². The Kier molecular flexibility index (Phi) is 2.83. The van der Waals surface area contributed by atoms with Crippen LogP contribution in [0.1, 0.15) is 5.76 Å². The maximum Gasteiger partial charge on any atom is 0.150 e. The Morgan fingerprint density at radius 1 is 1.40 bits per heavy atom. The van der Waals surface area contributed by atoms with Crippen molar-refractivity contribution in [2.45, 2.75) is 6.54 Å². The van der Waals surface area contributed by atoms with E-state index in [9.17, 15) is 4.39 Å². The van der Waals surface area contributed by atoms with Crippen molar-refractivity contribution in [3.63, 3.8) is 0 Å². The van der Waals surface area contributed by atoms with Crippen molar-refractivity contribution >= 4 is 15.9 Å². The summed E-state index contributed by atoms with van der Waals surface area (Å²) < 4.78 is 18.6. The van der Waals surface area contributed by atoms with Gasteiger partial charge in [0, 0.05) is 11.6 Å². The molecule has 2 N–H and O–H groups in total. The lowest BCUT2D eigenvalue weighted by atomic mass is 10.1. The number of hydrogen-bond acceptors (Lipinski definition) is 3. The van der Waals surface area contributed by atoms with Gasteiger partial charge < -0.3 is 10.3 Å². The summed E-state index contributed by atoms with van der Waals surface area (Å²) in [5, 5.41) is 3.79. The van der Waals surface area contributed by atoms with Crippen LogP contribution in [-0.2, 0) is 6.54 Å². The highest BCUT2D eigenvalue weighted by molar-refractivity contribution is 9.10. The molecule has 0 bridgehead atoms. The lowest BCUT2D eigenvalue weighted by Crippen LogP contribution is -1.92. The number of benzene rings is 1. The zero-order chi connectivity index (χ0) is 10.8. The van der Waals surface area contributed by atoms with E-state index in [1.54, 1.807) is 18.2 Å². The second-order valence-corrected chi connectivity index (χ2v) is 3.87. The summed E-state index contributed by atoms with van der Waals surface area (Å²) in [7, 11) is 0. The highest BCUT2D eigenvalue weighted by Gasteiger charge is 2.07. The molecule has 0 fully saturated rings. The number of halogens is 2. The van der Waals surface area contributed by atoms with E-state index < -0.39 is 0 Å². The van der Waals surface area contributed by atoms with Crippen molar-refractivity contribution in [2.75, 3.05) is 0 Å². The normalized spacial score (nSPS) is 10.6. The van der Waals surface area contributed by atoms with Crippen LogP contribution in [0, 0.1) is 5.82 Å². The smallest absolute Gasteiger partial charge is 0.150 e. The van der Waals surface area contributed by atoms with Gasteiger partial charge in [0.25, 0.3) is 0 Å². The van der Waals surface area contributed by atoms with Crippen LogP contribution in [0.5, 0.6) is 0 Å². The lowest BCUT2D eigenvalue weighted by molar-refractivity contribution is 0.387. The van der Waals surface area contributed by atoms with E-state index in [0.29, 0.717) is 21.5 Å². The minimum atomic E-state index is -0.329. The molecular formula is C10H8BrFN2O. The van der Waals surface area contributed by atoms with E-state index in [-0.39, 0.29) is 12.4 Å². The predicted molar refractivity (Wildman–Crippen MR) is 57.5 cm³/mol. The summed E-state index contributed by atoms with van der Waals surface area (Å²) in [4.78, 5) is 0. The second-order valence-electron chi connectivity index (χ2n) is 3.01. The molecular weight excluding hydrogens is 263 g/mol. The van der Waals surface area contributed by atoms with Crippen LogP contribution in [0.4, 0.5) is 4.39 Å². The molecule has 2 rings (SSSR count). The molecule has 1 aromatic carbocycles. The van der Waals surface area contributed by atoms with E-state index in [1.807, 2.05) is 0 Å². The highest BCUT2D eigenvalue weighted by atomic mass is 79.9. The third kappa shape index (κ3) is 2.08. The molecule has 0 saturated carbocycles. The largest absolute Gasteiger partial charge is 0.359 e. The molecule has 0 saturated heterocycles. The van der Waals surface area contributed by atoms with Gasteiger partial charge in [-0.1, -0.05) is 11.2 Å². The van der Waals surface area contributed by atoms with Gasteiger partial charge in [-0.3, -0.25) is 0 Å². The summed E-state index contributed by atoms with van der Waals surface area (Å²) in [6, 6.07) is 6.47. The van der Waals surface area contributed by atoms with Crippen LogP contribution in [0.15, 0.2) is 33.3 Å². The standard InChI is InChI=1S/C10H8BrFN2O/c11-8-2-1-6(3-9(8)12)10-4-7(5-13)15-14-10/h1-4H,5,13H2. The maximum atomic E-state index is 13.2. The van der Waals surface area contributed by atoms with E-state index in [2.05, 4.69) is 21.1 Å². The lowest BCUT2D eigenvalue weighted by Gasteiger charge is -1.97. The topological polar surface area (TPSA) is 52.0 Å². The Morgan fingerprint density at radius 2 is 2.20 bits per heavy atom. The summed E-state index contributed by atoms with van der Waals surface area (Å²) in [5.74, 6) is 0.248. The Labute approximate surface area is 94.2 Å². The van der Waals surface area contributed by atoms with Gasteiger partial charge in [-0.05, 0) is 28.1 Å². The summed E-state index contributed by atoms with van der Waals surface area (Å²) in [6.07, 6.45) is 0. The molecule has 1 heterocycles. The van der Waals surface area contributed by atoms with Gasteiger partial charge in [0.1, 0.15) is 11.5 Å². The zero-order valence-corrected chi connectivity index (χ0v) is 9.29. The minimum absolute atomic E-state index is 0.284. The van der Waals surface area contributed by atoms with Crippen molar-refractivity contribution in [3.05, 3.63) is 40.3 Å². The third-order valence-corrected chi connectivity index (χ3v) is 2.62. The molecule has 3 nitrogen and oxygen atoms in total. The fourth-order valence-electron chi connectivity index (χ4n) is 1.20. The fraction of sp³-hybridized carbons (Fsp3) is 0.100. The molecule has 0 atom stereocenters. The van der Waals surface area contributed by atoms with E-state index in [0.717, 1.165) is 0 Å². The van der Waals surface area contributed by atoms with Crippen molar-refractivity contribution in [1.29, 1.82) is 0 Å². The minimum Gasteiger partial charge on any atom is -0.359 e. The molecule has 78 valence electrons. The number of nitrogens with two attached hydrogens (primary N) is 1. The van der Waals surface area contributed by atoms with Crippen molar-refractivity contribution in [1.82, 2.24) is 5.16 Å². The quantitative estimate of drug-likeness (QED) is 0.913. The van der Waals surface area contributed by atoms with Gasteiger partial charge in [-0.2, -0.15) is 0 Å². The number of aromatic nitrogens is 1. The number of hydrogen-bond donors (Lipinski definition) is 1. The number of rotatable bonds is 2. The van der Waals surface area contributed by atoms with Gasteiger partial charge in [-0.15, -0.1) is 0 Å². The monoisotopic (exact) mass is 270 g/mol. The Bertz CT molecular complexity index is 484. The molecule has 0 amide bonds. The molecule has 0 radical (unpaired) electrons. The molecule has 0 unspecified atom stereocenters. The molecule has 2 aromatic rings. The molecule has 5 heteroatoms. The first-order valence-corrected chi connectivity index (χ1v) is 5.11. The molecule has 1 aromatic heterocycles. The first-order valence-electron chi connectivity index (χ1n) is 4.32.